The van der Waals surface area contributed by atoms with E-state index in [9.17, 15) is 9.59 Å². The van der Waals surface area contributed by atoms with Crippen LogP contribution in [0.15, 0.2) is 38.9 Å². The van der Waals surface area contributed by atoms with Crippen molar-refractivity contribution in [2.45, 2.75) is 6.42 Å². The van der Waals surface area contributed by atoms with Crippen LogP contribution in [0, 0.1) is 0 Å². The minimum Gasteiger partial charge on any atom is -0.481 e. The fraction of sp³-hybridized carbons (Fsp3) is 0.0714. The predicted octanol–water partition coefficient (Wildman–Crippen LogP) is 2.13. The monoisotopic (exact) mass is 302 g/mol. The van der Waals surface area contributed by atoms with Crippen LogP contribution in [-0.4, -0.2) is 16.1 Å². The standard InChI is InChI=1S/C14H10N2O4S/c15-8-2-1-7-3-10(14(19)20-11(7)4-8)13-16-9(6-21-13)5-12(17)18/h1-4,6H,5,15H2,(H,17,18). The molecule has 0 bridgehead atoms. The molecule has 0 saturated carbocycles. The smallest absolute Gasteiger partial charge is 0.346 e. The van der Waals surface area contributed by atoms with Crippen LogP contribution >= 0.6 is 11.3 Å². The highest BCUT2D eigenvalue weighted by Crippen LogP contribution is 2.25. The molecule has 21 heavy (non-hydrogen) atoms. The number of hydrogen-bond acceptors (Lipinski definition) is 6. The first-order valence-corrected chi connectivity index (χ1v) is 6.91. The Morgan fingerprint density at radius 1 is 1.38 bits per heavy atom. The van der Waals surface area contributed by atoms with Gasteiger partial charge in [-0.05, 0) is 18.2 Å². The molecule has 7 heteroatoms. The number of aromatic nitrogens is 1. The molecular formula is C14H10N2O4S. The molecule has 0 atom stereocenters. The second-order valence-electron chi connectivity index (χ2n) is 4.46. The van der Waals surface area contributed by atoms with Gasteiger partial charge >= 0.3 is 11.6 Å². The zero-order valence-corrected chi connectivity index (χ0v) is 11.5. The molecule has 0 aliphatic rings. The van der Waals surface area contributed by atoms with E-state index in [0.29, 0.717) is 27.5 Å². The van der Waals surface area contributed by atoms with Gasteiger partial charge in [0.15, 0.2) is 0 Å². The number of nitrogen functional groups attached to an aromatic ring is 1. The van der Waals surface area contributed by atoms with E-state index >= 15 is 0 Å². The molecule has 0 aliphatic heterocycles. The maximum Gasteiger partial charge on any atom is 0.346 e. The number of nitrogens with two attached hydrogens (primary N) is 1. The van der Waals surface area contributed by atoms with Crippen LogP contribution in [-0.2, 0) is 11.2 Å². The van der Waals surface area contributed by atoms with Gasteiger partial charge in [-0.1, -0.05) is 0 Å². The fourth-order valence-electron chi connectivity index (χ4n) is 1.94. The zero-order chi connectivity index (χ0) is 15.0. The van der Waals surface area contributed by atoms with Crippen LogP contribution in [0.2, 0.25) is 0 Å². The van der Waals surface area contributed by atoms with E-state index in [1.54, 1.807) is 29.6 Å². The first-order chi connectivity index (χ1) is 10.0. The van der Waals surface area contributed by atoms with Crippen molar-refractivity contribution < 1.29 is 14.3 Å². The van der Waals surface area contributed by atoms with E-state index in [-0.39, 0.29) is 6.42 Å². The van der Waals surface area contributed by atoms with Crippen molar-refractivity contribution in [1.29, 1.82) is 0 Å². The van der Waals surface area contributed by atoms with Crippen molar-refractivity contribution in [2.75, 3.05) is 5.73 Å². The molecule has 2 aromatic heterocycles. The first-order valence-electron chi connectivity index (χ1n) is 6.03. The third-order valence-electron chi connectivity index (χ3n) is 2.87. The summed E-state index contributed by atoms with van der Waals surface area (Å²) in [6.45, 7) is 0. The number of benzene rings is 1. The first kappa shape index (κ1) is 13.3. The van der Waals surface area contributed by atoms with Gasteiger partial charge in [-0.3, -0.25) is 4.79 Å². The van der Waals surface area contributed by atoms with Crippen molar-refractivity contribution in [1.82, 2.24) is 4.98 Å². The van der Waals surface area contributed by atoms with Gasteiger partial charge in [0.1, 0.15) is 10.6 Å². The fourth-order valence-corrected chi connectivity index (χ4v) is 2.77. The minimum atomic E-state index is -0.965. The minimum absolute atomic E-state index is 0.175. The summed E-state index contributed by atoms with van der Waals surface area (Å²) >= 11 is 1.21. The Labute approximate surface area is 122 Å². The third kappa shape index (κ3) is 2.63. The Hall–Kier alpha value is -2.67. The van der Waals surface area contributed by atoms with Crippen LogP contribution in [0.25, 0.3) is 21.5 Å². The Bertz CT molecular complexity index is 897. The molecule has 0 aliphatic carbocycles. The van der Waals surface area contributed by atoms with E-state index in [0.717, 1.165) is 5.39 Å². The molecular weight excluding hydrogens is 292 g/mol. The number of carboxylic acid groups (broad SMARTS) is 1. The van der Waals surface area contributed by atoms with Gasteiger partial charge < -0.3 is 15.3 Å². The molecule has 3 aromatic rings. The van der Waals surface area contributed by atoms with Crippen molar-refractivity contribution >= 4 is 34.0 Å². The summed E-state index contributed by atoms with van der Waals surface area (Å²) in [5, 5.41) is 11.5. The number of carboxylic acids is 1. The Balaban J connectivity index is 2.09. The Morgan fingerprint density at radius 3 is 2.95 bits per heavy atom. The van der Waals surface area contributed by atoms with Gasteiger partial charge in [0, 0.05) is 22.5 Å². The third-order valence-corrected chi connectivity index (χ3v) is 3.80. The molecule has 3 N–H and O–H groups in total. The van der Waals surface area contributed by atoms with Crippen molar-refractivity contribution in [2.24, 2.45) is 0 Å². The highest BCUT2D eigenvalue weighted by Gasteiger charge is 2.13. The van der Waals surface area contributed by atoms with E-state index in [4.69, 9.17) is 15.3 Å². The van der Waals surface area contributed by atoms with E-state index < -0.39 is 11.6 Å². The van der Waals surface area contributed by atoms with Crippen molar-refractivity contribution in [3.8, 4) is 10.6 Å². The molecule has 0 amide bonds. The van der Waals surface area contributed by atoms with Crippen LogP contribution < -0.4 is 11.4 Å². The van der Waals surface area contributed by atoms with E-state index in [1.165, 1.54) is 11.3 Å². The van der Waals surface area contributed by atoms with Crippen molar-refractivity contribution in [3.05, 3.63) is 45.8 Å². The van der Waals surface area contributed by atoms with Gasteiger partial charge in [-0.2, -0.15) is 0 Å². The summed E-state index contributed by atoms with van der Waals surface area (Å²) in [5.74, 6) is -0.965. The molecule has 0 saturated heterocycles. The van der Waals surface area contributed by atoms with E-state index in [2.05, 4.69) is 4.98 Å². The molecule has 3 rings (SSSR count). The normalized spacial score (nSPS) is 10.9. The van der Waals surface area contributed by atoms with Gasteiger partial charge in [-0.15, -0.1) is 11.3 Å². The molecule has 106 valence electrons. The lowest BCUT2D eigenvalue weighted by molar-refractivity contribution is -0.136. The summed E-state index contributed by atoms with van der Waals surface area (Å²) in [4.78, 5) is 26.8. The largest absolute Gasteiger partial charge is 0.481 e. The molecule has 0 radical (unpaired) electrons. The van der Waals surface area contributed by atoms with Crippen LogP contribution in [0.1, 0.15) is 5.69 Å². The average Bonchev–Trinajstić information content (AvgIpc) is 2.85. The Kier molecular flexibility index (Phi) is 3.19. The van der Waals surface area contributed by atoms with Gasteiger partial charge in [-0.25, -0.2) is 9.78 Å². The summed E-state index contributed by atoms with van der Waals surface area (Å²) in [7, 11) is 0. The Morgan fingerprint density at radius 2 is 2.19 bits per heavy atom. The number of anilines is 1. The number of thiazole rings is 1. The van der Waals surface area contributed by atoms with Gasteiger partial charge in [0.05, 0.1) is 17.7 Å². The molecule has 0 unspecified atom stereocenters. The van der Waals surface area contributed by atoms with Gasteiger partial charge in [0.2, 0.25) is 0 Å². The highest BCUT2D eigenvalue weighted by atomic mass is 32.1. The lowest BCUT2D eigenvalue weighted by atomic mass is 10.2. The summed E-state index contributed by atoms with van der Waals surface area (Å²) in [6.07, 6.45) is -0.175. The number of nitrogens with zero attached hydrogens (tertiary/aromatic N) is 1. The predicted molar refractivity (Wildman–Crippen MR) is 79.3 cm³/mol. The summed E-state index contributed by atoms with van der Waals surface area (Å²) in [6, 6.07) is 6.72. The van der Waals surface area contributed by atoms with Crippen LogP contribution in [0.5, 0.6) is 0 Å². The van der Waals surface area contributed by atoms with Crippen molar-refractivity contribution in [3.63, 3.8) is 0 Å². The van der Waals surface area contributed by atoms with E-state index in [1.807, 2.05) is 0 Å². The maximum atomic E-state index is 12.0. The lowest BCUT2D eigenvalue weighted by Crippen LogP contribution is -2.04. The quantitative estimate of drug-likeness (QED) is 0.567. The second-order valence-corrected chi connectivity index (χ2v) is 5.32. The maximum absolute atomic E-state index is 12.0. The number of rotatable bonds is 3. The average molecular weight is 302 g/mol. The summed E-state index contributed by atoms with van der Waals surface area (Å²) < 4.78 is 5.23. The molecule has 0 fully saturated rings. The second kappa shape index (κ2) is 5.02. The number of fused-ring (bicyclic) bond motifs is 1. The zero-order valence-electron chi connectivity index (χ0n) is 10.7. The number of aliphatic carboxylic acids is 1. The molecule has 1 aromatic carbocycles. The van der Waals surface area contributed by atoms with Crippen LogP contribution in [0.3, 0.4) is 0 Å². The highest BCUT2D eigenvalue weighted by molar-refractivity contribution is 7.13. The van der Waals surface area contributed by atoms with Gasteiger partial charge in [0.25, 0.3) is 0 Å². The number of carbonyl (C=O) groups is 1. The lowest BCUT2D eigenvalue weighted by Gasteiger charge is -2.00. The SMILES string of the molecule is Nc1ccc2cc(-c3nc(CC(=O)O)cs3)c(=O)oc2c1. The molecule has 0 spiro atoms. The number of hydrogen-bond donors (Lipinski definition) is 2. The molecule has 2 heterocycles. The topological polar surface area (TPSA) is 106 Å². The summed E-state index contributed by atoms with van der Waals surface area (Å²) in [5.41, 5.74) is 6.77. The van der Waals surface area contributed by atoms with Crippen LogP contribution in [0.4, 0.5) is 5.69 Å². The molecule has 6 nitrogen and oxygen atoms in total.